The number of hydrogen-bond donors (Lipinski definition) is 0. The van der Waals surface area contributed by atoms with Gasteiger partial charge < -0.3 is 14.1 Å². The fraction of sp³-hybridized carbons (Fsp3) is 0.261. The molecule has 0 fully saturated rings. The second kappa shape index (κ2) is 8.73. The zero-order valence-corrected chi connectivity index (χ0v) is 17.1. The number of likely N-dealkylation sites (N-methyl/N-ethyl adjacent to an activating group) is 1. The number of carbonyl (C=O) groups is 2. The quantitative estimate of drug-likeness (QED) is 0.591. The highest BCUT2D eigenvalue weighted by atomic mass is 16.5. The summed E-state index contributed by atoms with van der Waals surface area (Å²) < 4.78 is 10.7. The monoisotopic (exact) mass is 392 g/mol. The molecule has 1 amide bonds. The SMILES string of the molecule is Cc1ccc(CN(C)C(=O)COC(=O)c2nc(-c3ccccc3)oc2C)c(C)c1. The van der Waals surface area contributed by atoms with Gasteiger partial charge in [-0.3, -0.25) is 4.79 Å². The molecule has 0 saturated carbocycles. The Morgan fingerprint density at radius 3 is 2.48 bits per heavy atom. The van der Waals surface area contributed by atoms with Crippen molar-refractivity contribution < 1.29 is 18.7 Å². The Bertz CT molecular complexity index is 1020. The molecule has 1 aromatic heterocycles. The average Bonchev–Trinajstić information content (AvgIpc) is 3.10. The van der Waals surface area contributed by atoms with Crippen LogP contribution in [-0.2, 0) is 16.1 Å². The lowest BCUT2D eigenvalue weighted by molar-refractivity contribution is -0.133. The lowest BCUT2D eigenvalue weighted by Crippen LogP contribution is -2.31. The van der Waals surface area contributed by atoms with E-state index in [-0.39, 0.29) is 18.2 Å². The van der Waals surface area contributed by atoms with Gasteiger partial charge in [-0.25, -0.2) is 9.78 Å². The summed E-state index contributed by atoms with van der Waals surface area (Å²) in [4.78, 5) is 30.5. The largest absolute Gasteiger partial charge is 0.451 e. The van der Waals surface area contributed by atoms with Gasteiger partial charge in [0.05, 0.1) is 0 Å². The minimum atomic E-state index is -0.679. The molecule has 0 spiro atoms. The van der Waals surface area contributed by atoms with Gasteiger partial charge in [-0.2, -0.15) is 0 Å². The van der Waals surface area contributed by atoms with Gasteiger partial charge >= 0.3 is 5.97 Å². The lowest BCUT2D eigenvalue weighted by atomic mass is 10.1. The van der Waals surface area contributed by atoms with Gasteiger partial charge in [-0.15, -0.1) is 0 Å². The molecule has 0 aliphatic heterocycles. The van der Waals surface area contributed by atoms with E-state index in [0.29, 0.717) is 18.2 Å². The summed E-state index contributed by atoms with van der Waals surface area (Å²) in [6.07, 6.45) is 0. The number of aromatic nitrogens is 1. The molecule has 3 aromatic rings. The van der Waals surface area contributed by atoms with Crippen molar-refractivity contribution in [3.8, 4) is 11.5 Å². The molecule has 3 rings (SSSR count). The molecule has 6 nitrogen and oxygen atoms in total. The van der Waals surface area contributed by atoms with Crippen molar-refractivity contribution in [3.05, 3.63) is 76.7 Å². The van der Waals surface area contributed by atoms with Crippen molar-refractivity contribution in [2.75, 3.05) is 13.7 Å². The van der Waals surface area contributed by atoms with E-state index in [1.807, 2.05) is 56.3 Å². The van der Waals surface area contributed by atoms with Crippen LogP contribution >= 0.6 is 0 Å². The van der Waals surface area contributed by atoms with Crippen molar-refractivity contribution in [1.82, 2.24) is 9.88 Å². The van der Waals surface area contributed by atoms with Gasteiger partial charge in [0.15, 0.2) is 12.3 Å². The third-order valence-electron chi connectivity index (χ3n) is 4.67. The van der Waals surface area contributed by atoms with Crippen molar-refractivity contribution in [2.45, 2.75) is 27.3 Å². The zero-order valence-electron chi connectivity index (χ0n) is 17.1. The van der Waals surface area contributed by atoms with E-state index in [2.05, 4.69) is 11.1 Å². The van der Waals surface area contributed by atoms with Gasteiger partial charge in [-0.05, 0) is 44.0 Å². The Kier molecular flexibility index (Phi) is 6.12. The molecule has 0 aliphatic rings. The first kappa shape index (κ1) is 20.3. The molecule has 0 saturated heterocycles. The summed E-state index contributed by atoms with van der Waals surface area (Å²) >= 11 is 0. The summed E-state index contributed by atoms with van der Waals surface area (Å²) in [5, 5.41) is 0. The Balaban J connectivity index is 1.60. The zero-order chi connectivity index (χ0) is 21.0. The first-order chi connectivity index (χ1) is 13.8. The Morgan fingerprint density at radius 1 is 1.07 bits per heavy atom. The van der Waals surface area contributed by atoms with Crippen LogP contribution < -0.4 is 0 Å². The highest BCUT2D eigenvalue weighted by Gasteiger charge is 2.21. The summed E-state index contributed by atoms with van der Waals surface area (Å²) in [5.41, 5.74) is 4.19. The van der Waals surface area contributed by atoms with E-state index < -0.39 is 5.97 Å². The Hall–Kier alpha value is -3.41. The molecule has 0 aliphatic carbocycles. The van der Waals surface area contributed by atoms with Gasteiger partial charge in [0.2, 0.25) is 5.89 Å². The number of rotatable bonds is 6. The molecule has 0 N–H and O–H groups in total. The molecule has 1 heterocycles. The first-order valence-electron chi connectivity index (χ1n) is 9.35. The predicted molar refractivity (Wildman–Crippen MR) is 109 cm³/mol. The van der Waals surface area contributed by atoms with E-state index in [0.717, 1.165) is 16.7 Å². The fourth-order valence-electron chi connectivity index (χ4n) is 2.96. The van der Waals surface area contributed by atoms with Crippen LogP contribution in [0.5, 0.6) is 0 Å². The third kappa shape index (κ3) is 4.90. The molecule has 0 bridgehead atoms. The van der Waals surface area contributed by atoms with Crippen molar-refractivity contribution in [3.63, 3.8) is 0 Å². The van der Waals surface area contributed by atoms with Crippen LogP contribution in [0.4, 0.5) is 0 Å². The maximum absolute atomic E-state index is 12.4. The number of oxazole rings is 1. The molecule has 150 valence electrons. The second-order valence-corrected chi connectivity index (χ2v) is 7.05. The lowest BCUT2D eigenvalue weighted by Gasteiger charge is -2.18. The highest BCUT2D eigenvalue weighted by molar-refractivity contribution is 5.90. The normalized spacial score (nSPS) is 10.6. The van der Waals surface area contributed by atoms with E-state index in [1.165, 1.54) is 10.5 Å². The van der Waals surface area contributed by atoms with E-state index in [9.17, 15) is 9.59 Å². The number of amides is 1. The van der Waals surface area contributed by atoms with Gasteiger partial charge in [-0.1, -0.05) is 42.0 Å². The van der Waals surface area contributed by atoms with E-state index >= 15 is 0 Å². The maximum Gasteiger partial charge on any atom is 0.361 e. The van der Waals surface area contributed by atoms with Crippen LogP contribution in [0, 0.1) is 20.8 Å². The van der Waals surface area contributed by atoms with E-state index in [1.54, 1.807) is 14.0 Å². The Labute approximate surface area is 170 Å². The molecule has 2 aromatic carbocycles. The van der Waals surface area contributed by atoms with Crippen LogP contribution in [0.25, 0.3) is 11.5 Å². The summed E-state index contributed by atoms with van der Waals surface area (Å²) in [5.74, 6) is -0.275. The standard InChI is InChI=1S/C23H24N2O4/c1-15-10-11-19(16(2)12-15)13-25(4)20(26)14-28-23(27)21-17(3)29-22(24-21)18-8-6-5-7-9-18/h5-12H,13-14H2,1-4H3. The molecule has 0 unspecified atom stereocenters. The number of aryl methyl sites for hydroxylation is 3. The molecular weight excluding hydrogens is 368 g/mol. The van der Waals surface area contributed by atoms with Crippen LogP contribution in [0.15, 0.2) is 52.9 Å². The Morgan fingerprint density at radius 2 is 1.79 bits per heavy atom. The number of carbonyl (C=O) groups excluding carboxylic acids is 2. The van der Waals surface area contributed by atoms with E-state index in [4.69, 9.17) is 9.15 Å². The van der Waals surface area contributed by atoms with Crippen molar-refractivity contribution in [1.29, 1.82) is 0 Å². The topological polar surface area (TPSA) is 72.6 Å². The van der Waals surface area contributed by atoms with Gasteiger partial charge in [0.25, 0.3) is 5.91 Å². The predicted octanol–water partition coefficient (Wildman–Crippen LogP) is 4.08. The van der Waals surface area contributed by atoms with Crippen LogP contribution in [0.3, 0.4) is 0 Å². The first-order valence-corrected chi connectivity index (χ1v) is 9.35. The summed E-state index contributed by atoms with van der Waals surface area (Å²) in [6.45, 7) is 5.78. The van der Waals surface area contributed by atoms with Crippen molar-refractivity contribution in [2.24, 2.45) is 0 Å². The molecular formula is C23H24N2O4. The number of ether oxygens (including phenoxy) is 1. The summed E-state index contributed by atoms with van der Waals surface area (Å²) in [7, 11) is 1.68. The van der Waals surface area contributed by atoms with Crippen LogP contribution in [0.2, 0.25) is 0 Å². The molecule has 0 atom stereocenters. The number of benzene rings is 2. The van der Waals surface area contributed by atoms with Crippen LogP contribution in [-0.4, -0.2) is 35.4 Å². The molecule has 0 radical (unpaired) electrons. The number of esters is 1. The second-order valence-electron chi connectivity index (χ2n) is 7.05. The highest BCUT2D eigenvalue weighted by Crippen LogP contribution is 2.22. The average molecular weight is 392 g/mol. The smallest absolute Gasteiger partial charge is 0.361 e. The maximum atomic E-state index is 12.4. The molecule has 6 heteroatoms. The van der Waals surface area contributed by atoms with Gasteiger partial charge in [0, 0.05) is 19.2 Å². The number of hydrogen-bond acceptors (Lipinski definition) is 5. The van der Waals surface area contributed by atoms with Gasteiger partial charge in [0.1, 0.15) is 5.76 Å². The summed E-state index contributed by atoms with van der Waals surface area (Å²) in [6, 6.07) is 15.4. The minimum absolute atomic E-state index is 0.0775. The third-order valence-corrected chi connectivity index (χ3v) is 4.67. The minimum Gasteiger partial charge on any atom is -0.451 e. The molecule has 29 heavy (non-hydrogen) atoms. The van der Waals surface area contributed by atoms with Crippen molar-refractivity contribution >= 4 is 11.9 Å². The van der Waals surface area contributed by atoms with Crippen LogP contribution in [0.1, 0.15) is 32.9 Å². The number of nitrogens with zero attached hydrogens (tertiary/aromatic N) is 2. The fourth-order valence-corrected chi connectivity index (χ4v) is 2.96.